The summed E-state index contributed by atoms with van der Waals surface area (Å²) in [7, 11) is 0. The number of hydrogen-bond acceptors (Lipinski definition) is 1. The van der Waals surface area contributed by atoms with Crippen LogP contribution in [-0.2, 0) is 0 Å². The van der Waals surface area contributed by atoms with Gasteiger partial charge >= 0.3 is 0 Å². The number of benzene rings is 1. The minimum Gasteiger partial charge on any atom is -0.398 e. The van der Waals surface area contributed by atoms with E-state index in [1.807, 2.05) is 12.1 Å². The van der Waals surface area contributed by atoms with Crippen molar-refractivity contribution in [1.29, 1.82) is 0 Å². The zero-order valence-corrected chi connectivity index (χ0v) is 6.92. The van der Waals surface area contributed by atoms with Crippen molar-refractivity contribution in [3.63, 3.8) is 0 Å². The quantitative estimate of drug-likeness (QED) is 0.643. The molecule has 2 rings (SSSR count). The molecule has 0 fully saturated rings. The van der Waals surface area contributed by atoms with Crippen LogP contribution in [0.3, 0.4) is 0 Å². The highest BCUT2D eigenvalue weighted by molar-refractivity contribution is 5.73. The first-order valence-corrected chi connectivity index (χ1v) is 3.96. The number of nitrogens with one attached hydrogen (secondary N) is 1. The molecule has 0 saturated heterocycles. The van der Waals surface area contributed by atoms with E-state index in [0.717, 1.165) is 5.69 Å². The molecule has 1 aromatic carbocycles. The second-order valence-corrected chi connectivity index (χ2v) is 2.82. The molecule has 0 bridgehead atoms. The third kappa shape index (κ3) is 1.40. The third-order valence-corrected chi connectivity index (χ3v) is 1.90. The van der Waals surface area contributed by atoms with Crippen LogP contribution in [0.25, 0.3) is 11.3 Å². The molecule has 0 unspecified atom stereocenters. The third-order valence-electron chi connectivity index (χ3n) is 1.90. The summed E-state index contributed by atoms with van der Waals surface area (Å²) < 4.78 is 12.9. The summed E-state index contributed by atoms with van der Waals surface area (Å²) in [4.78, 5) is 2.97. The maximum atomic E-state index is 12.9. The minimum absolute atomic E-state index is 0.279. The molecule has 0 radical (unpaired) electrons. The largest absolute Gasteiger partial charge is 0.398 e. The molecule has 0 spiro atoms. The molecule has 0 aliphatic heterocycles. The van der Waals surface area contributed by atoms with Gasteiger partial charge in [-0.05, 0) is 30.3 Å². The topological polar surface area (TPSA) is 41.8 Å². The summed E-state index contributed by atoms with van der Waals surface area (Å²) in [5.41, 5.74) is 7.80. The van der Waals surface area contributed by atoms with E-state index in [1.54, 1.807) is 12.3 Å². The Labute approximate surface area is 75.2 Å². The molecule has 2 nitrogen and oxygen atoms in total. The van der Waals surface area contributed by atoms with Crippen molar-refractivity contribution in [3.05, 3.63) is 42.3 Å². The molecular weight excluding hydrogens is 167 g/mol. The number of rotatable bonds is 1. The van der Waals surface area contributed by atoms with Gasteiger partial charge in [-0.1, -0.05) is 0 Å². The smallest absolute Gasteiger partial charge is 0.124 e. The highest BCUT2D eigenvalue weighted by Gasteiger charge is 2.03. The number of nitrogen functional groups attached to an aromatic ring is 1. The van der Waals surface area contributed by atoms with Crippen LogP contribution >= 0.6 is 0 Å². The Morgan fingerprint density at radius 3 is 2.77 bits per heavy atom. The SMILES string of the molecule is Nc1ccc(F)cc1-c1ccc[nH]1. The van der Waals surface area contributed by atoms with Crippen molar-refractivity contribution in [1.82, 2.24) is 4.98 Å². The number of aromatic amines is 1. The van der Waals surface area contributed by atoms with E-state index in [2.05, 4.69) is 4.98 Å². The predicted octanol–water partition coefficient (Wildman–Crippen LogP) is 2.40. The Morgan fingerprint density at radius 1 is 1.23 bits per heavy atom. The molecule has 2 aromatic rings. The molecular formula is C10H9FN2. The molecule has 0 amide bonds. The Kier molecular flexibility index (Phi) is 1.77. The number of hydrogen-bond donors (Lipinski definition) is 2. The molecule has 13 heavy (non-hydrogen) atoms. The molecule has 1 aromatic heterocycles. The van der Waals surface area contributed by atoms with Crippen LogP contribution in [0.2, 0.25) is 0 Å². The first kappa shape index (κ1) is 7.86. The van der Waals surface area contributed by atoms with Gasteiger partial charge in [0.25, 0.3) is 0 Å². The van der Waals surface area contributed by atoms with Crippen LogP contribution in [0.1, 0.15) is 0 Å². The Hall–Kier alpha value is -1.77. The fourth-order valence-electron chi connectivity index (χ4n) is 1.26. The zero-order chi connectivity index (χ0) is 9.26. The number of nitrogens with two attached hydrogens (primary N) is 1. The van der Waals surface area contributed by atoms with E-state index >= 15 is 0 Å². The fourth-order valence-corrected chi connectivity index (χ4v) is 1.26. The second kappa shape index (κ2) is 2.94. The lowest BCUT2D eigenvalue weighted by atomic mass is 10.1. The van der Waals surface area contributed by atoms with E-state index in [1.165, 1.54) is 12.1 Å². The van der Waals surface area contributed by atoms with E-state index in [-0.39, 0.29) is 5.82 Å². The van der Waals surface area contributed by atoms with Crippen molar-refractivity contribution in [2.45, 2.75) is 0 Å². The van der Waals surface area contributed by atoms with E-state index < -0.39 is 0 Å². The highest BCUT2D eigenvalue weighted by Crippen LogP contribution is 2.24. The van der Waals surface area contributed by atoms with Gasteiger partial charge in [-0.15, -0.1) is 0 Å². The minimum atomic E-state index is -0.279. The van der Waals surface area contributed by atoms with E-state index in [0.29, 0.717) is 11.3 Å². The van der Waals surface area contributed by atoms with Crippen LogP contribution < -0.4 is 5.73 Å². The van der Waals surface area contributed by atoms with Gasteiger partial charge in [-0.2, -0.15) is 0 Å². The van der Waals surface area contributed by atoms with Crippen molar-refractivity contribution in [3.8, 4) is 11.3 Å². The lowest BCUT2D eigenvalue weighted by Crippen LogP contribution is -1.90. The molecule has 0 atom stereocenters. The first-order valence-electron chi connectivity index (χ1n) is 3.96. The van der Waals surface area contributed by atoms with Crippen LogP contribution in [0, 0.1) is 5.82 Å². The van der Waals surface area contributed by atoms with Gasteiger partial charge in [-0.3, -0.25) is 0 Å². The maximum absolute atomic E-state index is 12.9. The zero-order valence-electron chi connectivity index (χ0n) is 6.92. The molecule has 0 aliphatic carbocycles. The highest BCUT2D eigenvalue weighted by atomic mass is 19.1. The van der Waals surface area contributed by atoms with Crippen molar-refractivity contribution < 1.29 is 4.39 Å². The number of anilines is 1. The summed E-state index contributed by atoms with van der Waals surface area (Å²) >= 11 is 0. The molecule has 0 aliphatic rings. The average Bonchev–Trinajstić information content (AvgIpc) is 2.61. The summed E-state index contributed by atoms with van der Waals surface area (Å²) in [6.07, 6.45) is 1.78. The van der Waals surface area contributed by atoms with Gasteiger partial charge in [0.1, 0.15) is 5.82 Å². The van der Waals surface area contributed by atoms with Gasteiger partial charge < -0.3 is 10.7 Å². The average molecular weight is 176 g/mol. The van der Waals surface area contributed by atoms with Crippen molar-refractivity contribution >= 4 is 5.69 Å². The fraction of sp³-hybridized carbons (Fsp3) is 0. The summed E-state index contributed by atoms with van der Waals surface area (Å²) in [5, 5.41) is 0. The molecule has 3 heteroatoms. The molecule has 1 heterocycles. The monoisotopic (exact) mass is 176 g/mol. The van der Waals surface area contributed by atoms with Gasteiger partial charge in [0, 0.05) is 23.1 Å². The van der Waals surface area contributed by atoms with Crippen LogP contribution in [-0.4, -0.2) is 4.98 Å². The number of aromatic nitrogens is 1. The normalized spacial score (nSPS) is 10.2. The van der Waals surface area contributed by atoms with E-state index in [9.17, 15) is 4.39 Å². The number of H-pyrrole nitrogens is 1. The second-order valence-electron chi connectivity index (χ2n) is 2.82. The lowest BCUT2D eigenvalue weighted by molar-refractivity contribution is 0.628. The van der Waals surface area contributed by atoms with Crippen LogP contribution in [0.5, 0.6) is 0 Å². The standard InChI is InChI=1S/C10H9FN2/c11-7-3-4-9(12)8(6-7)10-2-1-5-13-10/h1-6,13H,12H2. The van der Waals surface area contributed by atoms with Crippen LogP contribution in [0.4, 0.5) is 10.1 Å². The van der Waals surface area contributed by atoms with Gasteiger partial charge in [0.2, 0.25) is 0 Å². The molecule has 66 valence electrons. The summed E-state index contributed by atoms with van der Waals surface area (Å²) in [6, 6.07) is 8.03. The predicted molar refractivity (Wildman–Crippen MR) is 50.6 cm³/mol. The first-order chi connectivity index (χ1) is 6.27. The molecule has 0 saturated carbocycles. The summed E-state index contributed by atoms with van der Waals surface area (Å²) in [6.45, 7) is 0. The lowest BCUT2D eigenvalue weighted by Gasteiger charge is -2.02. The van der Waals surface area contributed by atoms with Gasteiger partial charge in [-0.25, -0.2) is 4.39 Å². The Morgan fingerprint density at radius 2 is 2.08 bits per heavy atom. The Bertz CT molecular complexity index is 407. The number of halogens is 1. The summed E-state index contributed by atoms with van der Waals surface area (Å²) in [5.74, 6) is -0.279. The van der Waals surface area contributed by atoms with Crippen molar-refractivity contribution in [2.75, 3.05) is 5.73 Å². The van der Waals surface area contributed by atoms with Gasteiger partial charge in [0.15, 0.2) is 0 Å². The van der Waals surface area contributed by atoms with Gasteiger partial charge in [0.05, 0.1) is 0 Å². The van der Waals surface area contributed by atoms with E-state index in [4.69, 9.17) is 5.73 Å². The Balaban J connectivity index is 2.57. The van der Waals surface area contributed by atoms with Crippen molar-refractivity contribution in [2.24, 2.45) is 0 Å². The maximum Gasteiger partial charge on any atom is 0.124 e. The van der Waals surface area contributed by atoms with Crippen LogP contribution in [0.15, 0.2) is 36.5 Å². The molecule has 3 N–H and O–H groups in total.